The molecule has 2 aromatic carbocycles. The van der Waals surface area contributed by atoms with Crippen LogP contribution in [-0.4, -0.2) is 35.1 Å². The van der Waals surface area contributed by atoms with Crippen molar-refractivity contribution in [2.45, 2.75) is 0 Å². The van der Waals surface area contributed by atoms with E-state index in [-0.39, 0.29) is 5.56 Å². The number of ether oxygens (including phenoxy) is 2. The lowest BCUT2D eigenvalue weighted by Crippen LogP contribution is -2.17. The minimum atomic E-state index is -0.314. The minimum absolute atomic E-state index is 0.314. The lowest BCUT2D eigenvalue weighted by Gasteiger charge is -2.06. The van der Waals surface area contributed by atoms with E-state index in [0.29, 0.717) is 33.1 Å². The Morgan fingerprint density at radius 1 is 1.19 bits per heavy atom. The quantitative estimate of drug-likeness (QED) is 0.548. The maximum atomic E-state index is 12.8. The zero-order valence-electron chi connectivity index (χ0n) is 14.6. The number of aromatic amines is 1. The molecule has 0 saturated carbocycles. The van der Waals surface area contributed by atoms with Gasteiger partial charge < -0.3 is 14.5 Å². The highest BCUT2D eigenvalue weighted by molar-refractivity contribution is 6.31. The van der Waals surface area contributed by atoms with Crippen molar-refractivity contribution in [1.82, 2.24) is 14.6 Å². The van der Waals surface area contributed by atoms with Crippen molar-refractivity contribution >= 4 is 39.8 Å². The van der Waals surface area contributed by atoms with Gasteiger partial charge in [0.15, 0.2) is 0 Å². The van der Waals surface area contributed by atoms with Gasteiger partial charge in [0.2, 0.25) is 0 Å². The second-order valence-electron chi connectivity index (χ2n) is 5.79. The molecule has 0 atom stereocenters. The van der Waals surface area contributed by atoms with Gasteiger partial charge >= 0.3 is 0 Å². The molecule has 4 rings (SSSR count). The molecular formula is C19H15ClN4O3. The molecule has 0 aliphatic heterocycles. The van der Waals surface area contributed by atoms with E-state index in [1.165, 1.54) is 12.5 Å². The fourth-order valence-electron chi connectivity index (χ4n) is 2.87. The highest BCUT2D eigenvalue weighted by Gasteiger charge is 2.11. The smallest absolute Gasteiger partial charge is 0.298 e. The summed E-state index contributed by atoms with van der Waals surface area (Å²) in [5, 5.41) is 5.61. The van der Waals surface area contributed by atoms with E-state index in [1.807, 2.05) is 6.07 Å². The number of benzene rings is 2. The molecule has 4 aromatic rings. The molecule has 0 saturated heterocycles. The third-order valence-electron chi connectivity index (χ3n) is 4.21. The first-order chi connectivity index (χ1) is 13.1. The number of nitrogens with one attached hydrogen (secondary N) is 1. The zero-order valence-corrected chi connectivity index (χ0v) is 15.3. The molecule has 0 bridgehead atoms. The van der Waals surface area contributed by atoms with Crippen LogP contribution in [0.25, 0.3) is 21.9 Å². The summed E-state index contributed by atoms with van der Waals surface area (Å²) in [6.07, 6.45) is 2.90. The molecule has 0 spiro atoms. The lowest BCUT2D eigenvalue weighted by atomic mass is 10.2. The molecule has 0 amide bonds. The second kappa shape index (κ2) is 6.77. The minimum Gasteiger partial charge on any atom is -0.497 e. The van der Waals surface area contributed by atoms with Gasteiger partial charge in [-0.15, -0.1) is 0 Å². The molecule has 136 valence electrons. The van der Waals surface area contributed by atoms with Crippen LogP contribution in [0, 0.1) is 0 Å². The SMILES string of the molecule is COc1ccc(OC)c(C=Nn2cnc3c([nH]c4ccc(Cl)cc43)c2=O)c1. The van der Waals surface area contributed by atoms with Crippen molar-refractivity contribution in [3.8, 4) is 11.5 Å². The van der Waals surface area contributed by atoms with Crippen LogP contribution in [0.2, 0.25) is 5.02 Å². The molecular weight excluding hydrogens is 368 g/mol. The summed E-state index contributed by atoms with van der Waals surface area (Å²) >= 11 is 6.05. The number of H-pyrrole nitrogens is 1. The maximum Gasteiger partial charge on any atom is 0.298 e. The molecule has 8 heteroatoms. The summed E-state index contributed by atoms with van der Waals surface area (Å²) < 4.78 is 11.7. The summed E-state index contributed by atoms with van der Waals surface area (Å²) in [6, 6.07) is 10.7. The van der Waals surface area contributed by atoms with Crippen LogP contribution in [0.4, 0.5) is 0 Å². The Bertz CT molecular complexity index is 1240. The molecule has 0 aliphatic rings. The molecule has 2 heterocycles. The van der Waals surface area contributed by atoms with Crippen molar-refractivity contribution in [2.75, 3.05) is 14.2 Å². The van der Waals surface area contributed by atoms with Crippen molar-refractivity contribution in [2.24, 2.45) is 5.10 Å². The summed E-state index contributed by atoms with van der Waals surface area (Å²) in [4.78, 5) is 20.2. The molecule has 27 heavy (non-hydrogen) atoms. The predicted molar refractivity (Wildman–Crippen MR) is 105 cm³/mol. The van der Waals surface area contributed by atoms with E-state index in [1.54, 1.807) is 44.6 Å². The monoisotopic (exact) mass is 382 g/mol. The van der Waals surface area contributed by atoms with Crippen LogP contribution in [0.5, 0.6) is 11.5 Å². The average Bonchev–Trinajstić information content (AvgIpc) is 3.06. The van der Waals surface area contributed by atoms with E-state index >= 15 is 0 Å². The Morgan fingerprint density at radius 2 is 2.04 bits per heavy atom. The van der Waals surface area contributed by atoms with Gasteiger partial charge in [-0.3, -0.25) is 4.79 Å². The Labute approximate surface area is 158 Å². The molecule has 0 radical (unpaired) electrons. The lowest BCUT2D eigenvalue weighted by molar-refractivity contribution is 0.402. The second-order valence-corrected chi connectivity index (χ2v) is 6.22. The Balaban J connectivity index is 1.81. The number of hydrogen-bond donors (Lipinski definition) is 1. The topological polar surface area (TPSA) is 81.5 Å². The number of halogens is 1. The number of methoxy groups -OCH3 is 2. The molecule has 2 aromatic heterocycles. The molecule has 0 unspecified atom stereocenters. The van der Waals surface area contributed by atoms with Crippen molar-refractivity contribution < 1.29 is 9.47 Å². The van der Waals surface area contributed by atoms with Crippen molar-refractivity contribution in [3.63, 3.8) is 0 Å². The summed E-state index contributed by atoms with van der Waals surface area (Å²) in [6.45, 7) is 0. The first-order valence-corrected chi connectivity index (χ1v) is 8.43. The normalized spacial score (nSPS) is 11.5. The molecule has 7 nitrogen and oxygen atoms in total. The van der Waals surface area contributed by atoms with Gasteiger partial charge in [-0.1, -0.05) is 11.6 Å². The third-order valence-corrected chi connectivity index (χ3v) is 4.44. The highest BCUT2D eigenvalue weighted by atomic mass is 35.5. The third kappa shape index (κ3) is 3.02. The van der Waals surface area contributed by atoms with Gasteiger partial charge in [0.25, 0.3) is 5.56 Å². The van der Waals surface area contributed by atoms with Crippen LogP contribution in [0.15, 0.2) is 52.6 Å². The first-order valence-electron chi connectivity index (χ1n) is 8.05. The van der Waals surface area contributed by atoms with Crippen LogP contribution >= 0.6 is 11.6 Å². The number of nitrogens with zero attached hydrogens (tertiary/aromatic N) is 3. The van der Waals surface area contributed by atoms with Gasteiger partial charge in [0.05, 0.1) is 20.4 Å². The van der Waals surface area contributed by atoms with Gasteiger partial charge in [-0.05, 0) is 36.4 Å². The fraction of sp³-hybridized carbons (Fsp3) is 0.105. The fourth-order valence-corrected chi connectivity index (χ4v) is 3.04. The Kier molecular flexibility index (Phi) is 4.29. The molecule has 1 N–H and O–H groups in total. The molecule has 0 aliphatic carbocycles. The van der Waals surface area contributed by atoms with Gasteiger partial charge in [-0.2, -0.15) is 9.78 Å². The van der Waals surface area contributed by atoms with Crippen molar-refractivity contribution in [3.05, 3.63) is 63.7 Å². The number of hydrogen-bond acceptors (Lipinski definition) is 5. The van der Waals surface area contributed by atoms with Crippen LogP contribution < -0.4 is 15.0 Å². The Hall–Kier alpha value is -3.32. The van der Waals surface area contributed by atoms with Crippen LogP contribution in [0.1, 0.15) is 5.56 Å². The highest BCUT2D eigenvalue weighted by Crippen LogP contribution is 2.25. The largest absolute Gasteiger partial charge is 0.497 e. The standard InChI is InChI=1S/C19H15ClN4O3/c1-26-13-4-6-16(27-2)11(7-13)9-22-24-10-21-17-14-8-12(20)3-5-15(14)23-18(17)19(24)25/h3-10,23H,1-2H3. The zero-order chi connectivity index (χ0) is 19.0. The van der Waals surface area contributed by atoms with E-state index in [0.717, 1.165) is 15.6 Å². The van der Waals surface area contributed by atoms with E-state index in [9.17, 15) is 4.79 Å². The summed E-state index contributed by atoms with van der Waals surface area (Å²) in [5.41, 5.74) is 2.07. The van der Waals surface area contributed by atoms with E-state index < -0.39 is 0 Å². The van der Waals surface area contributed by atoms with Gasteiger partial charge in [0.1, 0.15) is 28.9 Å². The number of fused-ring (bicyclic) bond motifs is 3. The van der Waals surface area contributed by atoms with Crippen LogP contribution in [-0.2, 0) is 0 Å². The summed E-state index contributed by atoms with van der Waals surface area (Å²) in [7, 11) is 3.14. The Morgan fingerprint density at radius 3 is 2.81 bits per heavy atom. The summed E-state index contributed by atoms with van der Waals surface area (Å²) in [5.74, 6) is 1.27. The number of aromatic nitrogens is 3. The van der Waals surface area contributed by atoms with Crippen LogP contribution in [0.3, 0.4) is 0 Å². The molecule has 0 fully saturated rings. The van der Waals surface area contributed by atoms with Gasteiger partial charge in [-0.25, -0.2) is 4.98 Å². The maximum absolute atomic E-state index is 12.8. The predicted octanol–water partition coefficient (Wildman–Crippen LogP) is 3.43. The van der Waals surface area contributed by atoms with Crippen molar-refractivity contribution in [1.29, 1.82) is 0 Å². The van der Waals surface area contributed by atoms with Gasteiger partial charge in [0, 0.05) is 21.5 Å². The average molecular weight is 383 g/mol. The number of rotatable bonds is 4. The van der Waals surface area contributed by atoms with E-state index in [4.69, 9.17) is 21.1 Å². The first kappa shape index (κ1) is 17.1. The van der Waals surface area contributed by atoms with E-state index in [2.05, 4.69) is 15.1 Å².